The summed E-state index contributed by atoms with van der Waals surface area (Å²) in [6.07, 6.45) is 0.0488. The highest BCUT2D eigenvalue weighted by Gasteiger charge is 2.25. The number of carboxylic acid groups (broad SMARTS) is 1. The van der Waals surface area contributed by atoms with E-state index < -0.39 is 12.1 Å². The maximum Gasteiger partial charge on any atom is 0.337 e. The number of carbonyl (C=O) groups is 2. The first kappa shape index (κ1) is 14.1. The van der Waals surface area contributed by atoms with Crippen LogP contribution < -0.4 is 5.32 Å². The van der Waals surface area contributed by atoms with Crippen molar-refractivity contribution in [2.45, 2.75) is 12.5 Å². The molecule has 0 radical (unpaired) electrons. The SMILES string of the molecule is O=C(O)c1cc(I)ccc1NC(=O)N1CCC(O)C1. The minimum atomic E-state index is -1.09. The van der Waals surface area contributed by atoms with Crippen LogP contribution in [0, 0.1) is 3.57 Å². The predicted octanol–water partition coefficient (Wildman–Crippen LogP) is 1.59. The number of aromatic carboxylic acids is 1. The van der Waals surface area contributed by atoms with Crippen molar-refractivity contribution in [3.63, 3.8) is 0 Å². The number of nitrogens with zero attached hydrogens (tertiary/aromatic N) is 1. The first-order chi connectivity index (χ1) is 8.97. The van der Waals surface area contributed by atoms with Crippen LogP contribution in [-0.4, -0.2) is 46.3 Å². The minimum Gasteiger partial charge on any atom is -0.478 e. The van der Waals surface area contributed by atoms with Crippen molar-refractivity contribution in [1.29, 1.82) is 0 Å². The molecule has 0 aliphatic carbocycles. The zero-order valence-electron chi connectivity index (χ0n) is 9.97. The Morgan fingerprint density at radius 1 is 1.42 bits per heavy atom. The fourth-order valence-electron chi connectivity index (χ4n) is 1.92. The first-order valence-electron chi connectivity index (χ1n) is 5.74. The van der Waals surface area contributed by atoms with Gasteiger partial charge in [0.2, 0.25) is 0 Å². The summed E-state index contributed by atoms with van der Waals surface area (Å²) in [7, 11) is 0. The topological polar surface area (TPSA) is 89.9 Å². The second kappa shape index (κ2) is 5.74. The maximum absolute atomic E-state index is 11.9. The van der Waals surface area contributed by atoms with Gasteiger partial charge >= 0.3 is 12.0 Å². The molecule has 1 fully saturated rings. The van der Waals surface area contributed by atoms with E-state index in [0.29, 0.717) is 13.0 Å². The van der Waals surface area contributed by atoms with Crippen LogP contribution in [0.5, 0.6) is 0 Å². The Kier molecular flexibility index (Phi) is 4.25. The maximum atomic E-state index is 11.9. The molecule has 0 saturated carbocycles. The number of urea groups is 1. The van der Waals surface area contributed by atoms with E-state index in [-0.39, 0.29) is 23.8 Å². The number of benzene rings is 1. The highest BCUT2D eigenvalue weighted by atomic mass is 127. The number of aliphatic hydroxyl groups excluding tert-OH is 1. The number of hydrogen-bond donors (Lipinski definition) is 3. The highest BCUT2D eigenvalue weighted by molar-refractivity contribution is 14.1. The molecule has 6 nitrogen and oxygen atoms in total. The molecule has 19 heavy (non-hydrogen) atoms. The van der Waals surface area contributed by atoms with E-state index in [0.717, 1.165) is 3.57 Å². The summed E-state index contributed by atoms with van der Waals surface area (Å²) in [5.41, 5.74) is 0.319. The number of carboxylic acids is 1. The van der Waals surface area contributed by atoms with Crippen molar-refractivity contribution < 1.29 is 19.8 Å². The van der Waals surface area contributed by atoms with Crippen LogP contribution in [0.4, 0.5) is 10.5 Å². The van der Waals surface area contributed by atoms with Crippen molar-refractivity contribution in [3.8, 4) is 0 Å². The van der Waals surface area contributed by atoms with Crippen LogP contribution in [0.3, 0.4) is 0 Å². The second-order valence-electron chi connectivity index (χ2n) is 4.31. The molecule has 1 heterocycles. The fraction of sp³-hybridized carbons (Fsp3) is 0.333. The zero-order chi connectivity index (χ0) is 14.0. The molecular formula is C12H13IN2O4. The lowest BCUT2D eigenvalue weighted by Crippen LogP contribution is -2.34. The number of likely N-dealkylation sites (tertiary alicyclic amines) is 1. The average Bonchev–Trinajstić information content (AvgIpc) is 2.78. The zero-order valence-corrected chi connectivity index (χ0v) is 12.1. The molecule has 2 rings (SSSR count). The van der Waals surface area contributed by atoms with Gasteiger partial charge in [0, 0.05) is 16.7 Å². The predicted molar refractivity (Wildman–Crippen MR) is 77.3 cm³/mol. The van der Waals surface area contributed by atoms with Crippen molar-refractivity contribution >= 4 is 40.3 Å². The lowest BCUT2D eigenvalue weighted by molar-refractivity contribution is 0.0698. The van der Waals surface area contributed by atoms with E-state index in [4.69, 9.17) is 5.11 Å². The summed E-state index contributed by atoms with van der Waals surface area (Å²) in [6, 6.07) is 4.40. The number of rotatable bonds is 2. The van der Waals surface area contributed by atoms with E-state index in [9.17, 15) is 14.7 Å². The lowest BCUT2D eigenvalue weighted by atomic mass is 10.2. The third-order valence-electron chi connectivity index (χ3n) is 2.90. The molecule has 2 amide bonds. The number of carbonyl (C=O) groups excluding carboxylic acids is 1. The summed E-state index contributed by atoms with van der Waals surface area (Å²) in [6.45, 7) is 0.748. The number of anilines is 1. The Balaban J connectivity index is 2.14. The van der Waals surface area contributed by atoms with E-state index in [1.165, 1.54) is 11.0 Å². The highest BCUT2D eigenvalue weighted by Crippen LogP contribution is 2.20. The van der Waals surface area contributed by atoms with Crippen LogP contribution in [0.2, 0.25) is 0 Å². The van der Waals surface area contributed by atoms with E-state index >= 15 is 0 Å². The molecule has 102 valence electrons. The van der Waals surface area contributed by atoms with E-state index in [2.05, 4.69) is 5.32 Å². The molecule has 0 aromatic heterocycles. The molecule has 1 aliphatic rings. The van der Waals surface area contributed by atoms with Gasteiger partial charge in [-0.2, -0.15) is 0 Å². The van der Waals surface area contributed by atoms with Gasteiger partial charge < -0.3 is 20.4 Å². The van der Waals surface area contributed by atoms with E-state index in [1.54, 1.807) is 12.1 Å². The number of aliphatic hydroxyl groups is 1. The lowest BCUT2D eigenvalue weighted by Gasteiger charge is -2.17. The second-order valence-corrected chi connectivity index (χ2v) is 5.56. The largest absolute Gasteiger partial charge is 0.478 e. The van der Waals surface area contributed by atoms with Gasteiger partial charge in [-0.1, -0.05) is 0 Å². The number of amides is 2. The van der Waals surface area contributed by atoms with Crippen LogP contribution in [0.15, 0.2) is 18.2 Å². The molecule has 7 heteroatoms. The number of nitrogens with one attached hydrogen (secondary N) is 1. The summed E-state index contributed by atoms with van der Waals surface area (Å²) in [4.78, 5) is 24.5. The normalized spacial score (nSPS) is 18.4. The molecule has 1 atom stereocenters. The standard InChI is InChI=1S/C12H13IN2O4/c13-7-1-2-10(9(5-7)11(17)18)14-12(19)15-4-3-8(16)6-15/h1-2,5,8,16H,3-4,6H2,(H,14,19)(H,17,18). The number of halogens is 1. The third-order valence-corrected chi connectivity index (χ3v) is 3.58. The van der Waals surface area contributed by atoms with E-state index in [1.807, 2.05) is 22.6 Å². The Labute approximate surface area is 123 Å². The summed E-state index contributed by atoms with van der Waals surface area (Å²) in [5.74, 6) is -1.09. The molecule has 1 saturated heterocycles. The van der Waals surface area contributed by atoms with Gasteiger partial charge in [-0.15, -0.1) is 0 Å². The molecule has 1 aromatic carbocycles. The Morgan fingerprint density at radius 2 is 2.16 bits per heavy atom. The summed E-state index contributed by atoms with van der Waals surface area (Å²) < 4.78 is 0.782. The molecule has 1 aliphatic heterocycles. The van der Waals surface area contributed by atoms with Gasteiger partial charge in [0.15, 0.2) is 0 Å². The van der Waals surface area contributed by atoms with Crippen LogP contribution in [0.1, 0.15) is 16.8 Å². The average molecular weight is 376 g/mol. The van der Waals surface area contributed by atoms with Gasteiger partial charge in [0.1, 0.15) is 0 Å². The fourth-order valence-corrected chi connectivity index (χ4v) is 2.41. The van der Waals surface area contributed by atoms with Crippen molar-refractivity contribution in [2.75, 3.05) is 18.4 Å². The van der Waals surface area contributed by atoms with Crippen molar-refractivity contribution in [3.05, 3.63) is 27.3 Å². The molecular weight excluding hydrogens is 363 g/mol. The van der Waals surface area contributed by atoms with Crippen molar-refractivity contribution in [1.82, 2.24) is 4.90 Å². The smallest absolute Gasteiger partial charge is 0.337 e. The number of hydrogen-bond acceptors (Lipinski definition) is 3. The van der Waals surface area contributed by atoms with Gasteiger partial charge in [-0.05, 0) is 47.2 Å². The van der Waals surface area contributed by atoms with Gasteiger partial charge in [-0.3, -0.25) is 0 Å². The van der Waals surface area contributed by atoms with Gasteiger partial charge in [0.05, 0.1) is 17.4 Å². The minimum absolute atomic E-state index is 0.0556. The summed E-state index contributed by atoms with van der Waals surface area (Å²) in [5, 5.41) is 21.1. The molecule has 0 spiro atoms. The van der Waals surface area contributed by atoms with Crippen molar-refractivity contribution in [2.24, 2.45) is 0 Å². The number of β-amino-alcohol motifs (C(OH)–C–C–N with tert-alkyl or cyclic N) is 1. The molecule has 1 unspecified atom stereocenters. The van der Waals surface area contributed by atoms with Crippen LogP contribution in [-0.2, 0) is 0 Å². The molecule has 0 bridgehead atoms. The van der Waals surface area contributed by atoms with Gasteiger partial charge in [-0.25, -0.2) is 9.59 Å². The van der Waals surface area contributed by atoms with Gasteiger partial charge in [0.25, 0.3) is 0 Å². The quantitative estimate of drug-likeness (QED) is 0.684. The Bertz CT molecular complexity index is 520. The molecule has 1 aromatic rings. The van der Waals surface area contributed by atoms with Crippen LogP contribution >= 0.6 is 22.6 Å². The molecule has 3 N–H and O–H groups in total. The third kappa shape index (κ3) is 3.35. The Morgan fingerprint density at radius 3 is 2.74 bits per heavy atom. The van der Waals surface area contributed by atoms with Crippen LogP contribution in [0.25, 0.3) is 0 Å². The first-order valence-corrected chi connectivity index (χ1v) is 6.82. The monoisotopic (exact) mass is 376 g/mol. The Hall–Kier alpha value is -1.35. The summed E-state index contributed by atoms with van der Waals surface area (Å²) >= 11 is 2.01.